The van der Waals surface area contributed by atoms with E-state index >= 15 is 0 Å². The lowest BCUT2D eigenvalue weighted by molar-refractivity contribution is 0.0431. The highest BCUT2D eigenvalue weighted by Crippen LogP contribution is 2.35. The van der Waals surface area contributed by atoms with Gasteiger partial charge in [-0.15, -0.1) is 0 Å². The number of alkyl halides is 1. The average molecular weight is 453 g/mol. The van der Waals surface area contributed by atoms with Gasteiger partial charge < -0.3 is 9.47 Å². The molecule has 25 heavy (non-hydrogen) atoms. The van der Waals surface area contributed by atoms with Crippen molar-refractivity contribution in [1.29, 1.82) is 0 Å². The van der Waals surface area contributed by atoms with Gasteiger partial charge in [0.1, 0.15) is 16.5 Å². The first-order valence-corrected chi connectivity index (χ1v) is 9.97. The minimum absolute atomic E-state index is 0.0162. The van der Waals surface area contributed by atoms with Gasteiger partial charge in [-0.3, -0.25) is 4.90 Å². The van der Waals surface area contributed by atoms with Crippen LogP contribution in [0.3, 0.4) is 0 Å². The summed E-state index contributed by atoms with van der Waals surface area (Å²) in [6, 6.07) is 14.8. The highest BCUT2D eigenvalue weighted by Gasteiger charge is 2.34. The molecule has 0 aromatic heterocycles. The van der Waals surface area contributed by atoms with Crippen molar-refractivity contribution >= 4 is 22.6 Å². The van der Waals surface area contributed by atoms with Crippen molar-refractivity contribution in [2.75, 3.05) is 19.7 Å². The molecule has 1 saturated heterocycles. The third-order valence-corrected chi connectivity index (χ3v) is 6.57. The molecule has 0 amide bonds. The summed E-state index contributed by atoms with van der Waals surface area (Å²) in [4.78, 5) is 2.47. The van der Waals surface area contributed by atoms with Crippen LogP contribution in [0, 0.1) is 5.82 Å². The molecule has 0 spiro atoms. The van der Waals surface area contributed by atoms with Crippen LogP contribution < -0.4 is 9.47 Å². The number of piperidine rings is 1. The van der Waals surface area contributed by atoms with Crippen LogP contribution in [0.1, 0.15) is 24.3 Å². The maximum absolute atomic E-state index is 13.2. The Morgan fingerprint density at radius 2 is 1.84 bits per heavy atom. The Morgan fingerprint density at radius 3 is 2.64 bits per heavy atom. The molecular formula is C20H21FINO2. The minimum atomic E-state index is -0.172. The van der Waals surface area contributed by atoms with Crippen LogP contribution >= 0.6 is 22.6 Å². The second-order valence-electron chi connectivity index (χ2n) is 6.67. The molecule has 4 rings (SSSR count). The summed E-state index contributed by atoms with van der Waals surface area (Å²) < 4.78 is 25.5. The number of hydrogen-bond donors (Lipinski definition) is 0. The van der Waals surface area contributed by atoms with Crippen molar-refractivity contribution in [2.24, 2.45) is 0 Å². The Hall–Kier alpha value is -1.34. The molecule has 0 saturated carbocycles. The molecule has 2 aromatic carbocycles. The van der Waals surface area contributed by atoms with Crippen LogP contribution in [0.4, 0.5) is 4.39 Å². The summed E-state index contributed by atoms with van der Waals surface area (Å²) in [5.74, 6) is 1.93. The van der Waals surface area contributed by atoms with E-state index in [-0.39, 0.29) is 16.0 Å². The van der Waals surface area contributed by atoms with Crippen LogP contribution in [0.25, 0.3) is 0 Å². The number of benzene rings is 2. The number of para-hydroxylation sites is 2. The Balaban J connectivity index is 1.43. The standard InChI is InChI=1S/C20H21FINO2/c21-16-9-7-14(8-10-16)15-4-3-11-23(12-15)20(22)19-13-24-17-5-1-2-6-18(17)25-19/h1-2,5-10,15,19-20H,3-4,11-13H2/t15?,19?,20-/m1/s1. The van der Waals surface area contributed by atoms with E-state index < -0.39 is 0 Å². The van der Waals surface area contributed by atoms with Crippen LogP contribution in [0.5, 0.6) is 11.5 Å². The van der Waals surface area contributed by atoms with Gasteiger partial charge in [-0.25, -0.2) is 4.39 Å². The monoisotopic (exact) mass is 453 g/mol. The Labute approximate surface area is 161 Å². The fraction of sp³-hybridized carbons (Fsp3) is 0.400. The van der Waals surface area contributed by atoms with E-state index in [2.05, 4.69) is 27.5 Å². The number of rotatable bonds is 3. The van der Waals surface area contributed by atoms with Crippen molar-refractivity contribution in [2.45, 2.75) is 28.9 Å². The third kappa shape index (κ3) is 3.77. The summed E-state index contributed by atoms with van der Waals surface area (Å²) >= 11 is 2.47. The van der Waals surface area contributed by atoms with Gasteiger partial charge in [0.2, 0.25) is 0 Å². The fourth-order valence-corrected chi connectivity index (χ4v) is 4.50. The highest BCUT2D eigenvalue weighted by molar-refractivity contribution is 14.1. The van der Waals surface area contributed by atoms with Crippen molar-refractivity contribution in [3.63, 3.8) is 0 Å². The van der Waals surface area contributed by atoms with Gasteiger partial charge in [0.05, 0.1) is 0 Å². The summed E-state index contributed by atoms with van der Waals surface area (Å²) in [6.45, 7) is 2.61. The summed E-state index contributed by atoms with van der Waals surface area (Å²) in [7, 11) is 0. The molecule has 0 aliphatic carbocycles. The molecule has 1 fully saturated rings. The molecule has 2 aromatic rings. The minimum Gasteiger partial charge on any atom is -0.486 e. The molecule has 5 heteroatoms. The summed E-state index contributed by atoms with van der Waals surface area (Å²) in [5, 5.41) is 0. The van der Waals surface area contributed by atoms with Crippen molar-refractivity contribution in [3.05, 3.63) is 59.9 Å². The molecule has 0 radical (unpaired) electrons. The van der Waals surface area contributed by atoms with Gasteiger partial charge in [-0.1, -0.05) is 46.9 Å². The van der Waals surface area contributed by atoms with Crippen LogP contribution in [-0.4, -0.2) is 34.7 Å². The Kier molecular flexibility index (Phi) is 5.12. The largest absolute Gasteiger partial charge is 0.486 e. The molecule has 3 nitrogen and oxygen atoms in total. The quantitative estimate of drug-likeness (QED) is 0.385. The molecule has 2 aliphatic heterocycles. The first kappa shape index (κ1) is 17.1. The molecular weight excluding hydrogens is 432 g/mol. The normalized spacial score (nSPS) is 24.7. The number of ether oxygens (including phenoxy) is 2. The van der Waals surface area contributed by atoms with Gasteiger partial charge in [-0.05, 0) is 55.1 Å². The van der Waals surface area contributed by atoms with E-state index in [9.17, 15) is 4.39 Å². The van der Waals surface area contributed by atoms with E-state index in [1.807, 2.05) is 36.4 Å². The number of likely N-dealkylation sites (tertiary alicyclic amines) is 1. The van der Waals surface area contributed by atoms with Gasteiger partial charge in [0.25, 0.3) is 0 Å². The van der Waals surface area contributed by atoms with E-state index in [0.29, 0.717) is 12.5 Å². The molecule has 2 unspecified atom stereocenters. The van der Waals surface area contributed by atoms with Gasteiger partial charge in [0, 0.05) is 6.54 Å². The lowest BCUT2D eigenvalue weighted by Crippen LogP contribution is -2.49. The lowest BCUT2D eigenvalue weighted by atomic mass is 9.90. The molecule has 3 atom stereocenters. The number of halogens is 2. The van der Waals surface area contributed by atoms with Gasteiger partial charge >= 0.3 is 0 Å². The van der Waals surface area contributed by atoms with Gasteiger partial charge in [0.15, 0.2) is 17.6 Å². The van der Waals surface area contributed by atoms with E-state index in [1.54, 1.807) is 12.1 Å². The van der Waals surface area contributed by atoms with Crippen LogP contribution in [-0.2, 0) is 0 Å². The zero-order chi connectivity index (χ0) is 17.2. The topological polar surface area (TPSA) is 21.7 Å². The van der Waals surface area contributed by atoms with Crippen molar-refractivity contribution in [1.82, 2.24) is 4.90 Å². The summed E-state index contributed by atoms with van der Waals surface area (Å²) in [5.41, 5.74) is 1.22. The second kappa shape index (κ2) is 7.50. The molecule has 2 aliphatic rings. The first-order chi connectivity index (χ1) is 12.2. The maximum atomic E-state index is 13.2. The SMILES string of the molecule is Fc1ccc(C2CCCN([C@@H](I)C3COc4ccccc4O3)C2)cc1. The van der Waals surface area contributed by atoms with E-state index in [1.165, 1.54) is 5.56 Å². The van der Waals surface area contributed by atoms with Crippen LogP contribution in [0.15, 0.2) is 48.5 Å². The Bertz CT molecular complexity index is 724. The van der Waals surface area contributed by atoms with Gasteiger partial charge in [-0.2, -0.15) is 0 Å². The Morgan fingerprint density at radius 1 is 1.08 bits per heavy atom. The van der Waals surface area contributed by atoms with Crippen molar-refractivity contribution in [3.8, 4) is 11.5 Å². The molecule has 132 valence electrons. The lowest BCUT2D eigenvalue weighted by Gasteiger charge is -2.40. The zero-order valence-electron chi connectivity index (χ0n) is 13.9. The molecule has 2 heterocycles. The van der Waals surface area contributed by atoms with E-state index in [0.717, 1.165) is 37.4 Å². The van der Waals surface area contributed by atoms with Crippen molar-refractivity contribution < 1.29 is 13.9 Å². The summed E-state index contributed by atoms with van der Waals surface area (Å²) in [6.07, 6.45) is 2.31. The predicted molar refractivity (Wildman–Crippen MR) is 104 cm³/mol. The third-order valence-electron chi connectivity index (χ3n) is 4.98. The fourth-order valence-electron chi connectivity index (χ4n) is 3.64. The number of hydrogen-bond acceptors (Lipinski definition) is 3. The average Bonchev–Trinajstić information content (AvgIpc) is 2.68. The van der Waals surface area contributed by atoms with Crippen LogP contribution in [0.2, 0.25) is 0 Å². The smallest absolute Gasteiger partial charge is 0.161 e. The zero-order valence-corrected chi connectivity index (χ0v) is 16.1. The highest BCUT2D eigenvalue weighted by atomic mass is 127. The molecule has 0 N–H and O–H groups in total. The second-order valence-corrected chi connectivity index (χ2v) is 7.95. The number of nitrogens with zero attached hydrogens (tertiary/aromatic N) is 1. The molecule has 0 bridgehead atoms. The predicted octanol–water partition coefficient (Wildman–Crippen LogP) is 4.61. The van der Waals surface area contributed by atoms with E-state index in [4.69, 9.17) is 9.47 Å². The number of fused-ring (bicyclic) bond motifs is 1. The first-order valence-electron chi connectivity index (χ1n) is 8.73. The maximum Gasteiger partial charge on any atom is 0.161 e.